The summed E-state index contributed by atoms with van der Waals surface area (Å²) in [5.74, 6) is -1.47. The number of hydrogen-bond donors (Lipinski definition) is 2. The van der Waals surface area contributed by atoms with Crippen molar-refractivity contribution in [3.05, 3.63) is 65.2 Å². The number of carboxylic acid groups (broad SMARTS) is 1. The standard InChI is InChI=1S/C20H23NO4/c1-13-9-10-17(11-14(13)2)25-12-18(22)21-19(15(3)20(23)24)16-7-5-4-6-8-16/h4-11,15,19H,12H2,1-3H3,(H,21,22)(H,23,24). The molecule has 0 aliphatic heterocycles. The molecule has 0 saturated heterocycles. The average Bonchev–Trinajstić information content (AvgIpc) is 2.60. The quantitative estimate of drug-likeness (QED) is 0.810. The van der Waals surface area contributed by atoms with E-state index >= 15 is 0 Å². The molecule has 2 rings (SSSR count). The average molecular weight is 341 g/mol. The van der Waals surface area contributed by atoms with Gasteiger partial charge in [0.25, 0.3) is 5.91 Å². The largest absolute Gasteiger partial charge is 0.484 e. The number of amides is 1. The van der Waals surface area contributed by atoms with Gasteiger partial charge in [-0.2, -0.15) is 0 Å². The van der Waals surface area contributed by atoms with E-state index in [0.29, 0.717) is 5.75 Å². The van der Waals surface area contributed by atoms with Crippen LogP contribution in [0.2, 0.25) is 0 Å². The van der Waals surface area contributed by atoms with Crippen molar-refractivity contribution in [3.8, 4) is 5.75 Å². The number of carbonyl (C=O) groups excluding carboxylic acids is 1. The number of aryl methyl sites for hydroxylation is 2. The number of carboxylic acids is 1. The Labute approximate surface area is 147 Å². The Morgan fingerprint density at radius 2 is 1.76 bits per heavy atom. The molecule has 0 aliphatic carbocycles. The van der Waals surface area contributed by atoms with Crippen LogP contribution in [0.4, 0.5) is 0 Å². The summed E-state index contributed by atoms with van der Waals surface area (Å²) < 4.78 is 5.52. The van der Waals surface area contributed by atoms with E-state index in [-0.39, 0.29) is 12.5 Å². The van der Waals surface area contributed by atoms with Gasteiger partial charge in [0.2, 0.25) is 0 Å². The smallest absolute Gasteiger partial charge is 0.308 e. The van der Waals surface area contributed by atoms with Gasteiger partial charge in [0.15, 0.2) is 6.61 Å². The molecule has 0 aromatic heterocycles. The topological polar surface area (TPSA) is 75.6 Å². The zero-order valence-corrected chi connectivity index (χ0v) is 14.7. The van der Waals surface area contributed by atoms with Crippen molar-refractivity contribution >= 4 is 11.9 Å². The van der Waals surface area contributed by atoms with Crippen LogP contribution in [0.1, 0.15) is 29.7 Å². The minimum Gasteiger partial charge on any atom is -0.484 e. The lowest BCUT2D eigenvalue weighted by molar-refractivity contribution is -0.142. The van der Waals surface area contributed by atoms with Crippen LogP contribution in [0.3, 0.4) is 0 Å². The van der Waals surface area contributed by atoms with Crippen molar-refractivity contribution in [1.82, 2.24) is 5.32 Å². The van der Waals surface area contributed by atoms with Gasteiger partial charge < -0.3 is 15.2 Å². The number of hydrogen-bond acceptors (Lipinski definition) is 3. The summed E-state index contributed by atoms with van der Waals surface area (Å²) in [5, 5.41) is 12.1. The first-order valence-electron chi connectivity index (χ1n) is 8.15. The van der Waals surface area contributed by atoms with Gasteiger partial charge in [-0.05, 0) is 49.6 Å². The Bertz CT molecular complexity index is 743. The van der Waals surface area contributed by atoms with Crippen LogP contribution in [0.5, 0.6) is 5.75 Å². The fraction of sp³-hybridized carbons (Fsp3) is 0.300. The second kappa shape index (κ2) is 8.33. The van der Waals surface area contributed by atoms with Gasteiger partial charge in [-0.3, -0.25) is 9.59 Å². The van der Waals surface area contributed by atoms with Gasteiger partial charge in [0, 0.05) is 0 Å². The van der Waals surface area contributed by atoms with Crippen molar-refractivity contribution in [3.63, 3.8) is 0 Å². The lowest BCUT2D eigenvalue weighted by Gasteiger charge is -2.23. The van der Waals surface area contributed by atoms with Crippen molar-refractivity contribution in [2.45, 2.75) is 26.8 Å². The maximum Gasteiger partial charge on any atom is 0.308 e. The summed E-state index contributed by atoms with van der Waals surface area (Å²) in [6.07, 6.45) is 0. The predicted octanol–water partition coefficient (Wildman–Crippen LogP) is 3.26. The van der Waals surface area contributed by atoms with E-state index < -0.39 is 17.9 Å². The number of rotatable bonds is 7. The molecule has 0 saturated carbocycles. The summed E-state index contributed by atoms with van der Waals surface area (Å²) in [6.45, 7) is 5.38. The minimum atomic E-state index is -0.968. The summed E-state index contributed by atoms with van der Waals surface area (Å²) in [4.78, 5) is 23.6. The van der Waals surface area contributed by atoms with Gasteiger partial charge in [0.1, 0.15) is 5.75 Å². The van der Waals surface area contributed by atoms with E-state index in [1.165, 1.54) is 0 Å². The second-order valence-corrected chi connectivity index (χ2v) is 6.12. The van der Waals surface area contributed by atoms with Crippen molar-refractivity contribution < 1.29 is 19.4 Å². The number of nitrogens with one attached hydrogen (secondary N) is 1. The summed E-state index contributed by atoms with van der Waals surface area (Å²) in [6, 6.07) is 14.1. The number of aliphatic carboxylic acids is 1. The summed E-state index contributed by atoms with van der Waals surface area (Å²) >= 11 is 0. The fourth-order valence-corrected chi connectivity index (χ4v) is 2.47. The number of ether oxygens (including phenoxy) is 1. The molecule has 5 heteroatoms. The number of carbonyl (C=O) groups is 2. The van der Waals surface area contributed by atoms with Crippen LogP contribution in [-0.2, 0) is 9.59 Å². The lowest BCUT2D eigenvalue weighted by Crippen LogP contribution is -2.38. The molecule has 0 heterocycles. The summed E-state index contributed by atoms with van der Waals surface area (Å²) in [7, 11) is 0. The molecule has 2 aromatic carbocycles. The van der Waals surface area contributed by atoms with E-state index in [0.717, 1.165) is 16.7 Å². The third kappa shape index (κ3) is 5.08. The highest BCUT2D eigenvalue weighted by molar-refractivity contribution is 5.79. The van der Waals surface area contributed by atoms with E-state index in [1.807, 2.05) is 50.2 Å². The van der Waals surface area contributed by atoms with Crippen LogP contribution in [0.25, 0.3) is 0 Å². The van der Waals surface area contributed by atoms with Gasteiger partial charge in [-0.15, -0.1) is 0 Å². The molecule has 2 aromatic rings. The van der Waals surface area contributed by atoms with Crippen molar-refractivity contribution in [2.75, 3.05) is 6.61 Å². The van der Waals surface area contributed by atoms with Crippen LogP contribution in [0, 0.1) is 19.8 Å². The Morgan fingerprint density at radius 1 is 1.08 bits per heavy atom. The van der Waals surface area contributed by atoms with E-state index in [4.69, 9.17) is 4.74 Å². The Hall–Kier alpha value is -2.82. The SMILES string of the molecule is Cc1ccc(OCC(=O)NC(c2ccccc2)C(C)C(=O)O)cc1C. The molecule has 2 unspecified atom stereocenters. The molecule has 0 aliphatic rings. The molecule has 1 amide bonds. The van der Waals surface area contributed by atoms with Crippen molar-refractivity contribution in [1.29, 1.82) is 0 Å². The molecule has 0 bridgehead atoms. The van der Waals surface area contributed by atoms with Gasteiger partial charge in [0.05, 0.1) is 12.0 Å². The van der Waals surface area contributed by atoms with Gasteiger partial charge >= 0.3 is 5.97 Å². The molecular formula is C20H23NO4. The summed E-state index contributed by atoms with van der Waals surface area (Å²) in [5.41, 5.74) is 2.98. The van der Waals surface area contributed by atoms with E-state index in [9.17, 15) is 14.7 Å². The molecule has 5 nitrogen and oxygen atoms in total. The normalized spacial score (nSPS) is 12.9. The Kier molecular flexibility index (Phi) is 6.17. The molecule has 132 valence electrons. The van der Waals surface area contributed by atoms with E-state index in [2.05, 4.69) is 5.32 Å². The molecule has 2 atom stereocenters. The van der Waals surface area contributed by atoms with E-state index in [1.54, 1.807) is 19.1 Å². The van der Waals surface area contributed by atoms with Gasteiger partial charge in [-0.25, -0.2) is 0 Å². The predicted molar refractivity (Wildman–Crippen MR) is 95.5 cm³/mol. The van der Waals surface area contributed by atoms with Crippen LogP contribution in [0.15, 0.2) is 48.5 Å². The molecule has 0 radical (unpaired) electrons. The molecule has 25 heavy (non-hydrogen) atoms. The van der Waals surface area contributed by atoms with Crippen molar-refractivity contribution in [2.24, 2.45) is 5.92 Å². The number of benzene rings is 2. The molecule has 2 N–H and O–H groups in total. The maximum absolute atomic E-state index is 12.2. The second-order valence-electron chi connectivity index (χ2n) is 6.12. The fourth-order valence-electron chi connectivity index (χ4n) is 2.47. The monoisotopic (exact) mass is 341 g/mol. The first-order chi connectivity index (χ1) is 11.9. The first-order valence-corrected chi connectivity index (χ1v) is 8.15. The third-order valence-electron chi connectivity index (χ3n) is 4.21. The van der Waals surface area contributed by atoms with Crippen LogP contribution in [-0.4, -0.2) is 23.6 Å². The maximum atomic E-state index is 12.2. The molecule has 0 fully saturated rings. The van der Waals surface area contributed by atoms with Crippen LogP contribution >= 0.6 is 0 Å². The highest BCUT2D eigenvalue weighted by Crippen LogP contribution is 2.22. The van der Waals surface area contributed by atoms with Gasteiger partial charge in [-0.1, -0.05) is 36.4 Å². The third-order valence-corrected chi connectivity index (χ3v) is 4.21. The molecular weight excluding hydrogens is 318 g/mol. The highest BCUT2D eigenvalue weighted by Gasteiger charge is 2.26. The highest BCUT2D eigenvalue weighted by atomic mass is 16.5. The zero-order valence-electron chi connectivity index (χ0n) is 14.7. The Balaban J connectivity index is 2.04. The zero-order chi connectivity index (χ0) is 18.4. The lowest BCUT2D eigenvalue weighted by atomic mass is 9.94. The Morgan fingerprint density at radius 3 is 2.36 bits per heavy atom. The molecule has 0 spiro atoms. The first kappa shape index (κ1) is 18.5. The van der Waals surface area contributed by atoms with Crippen LogP contribution < -0.4 is 10.1 Å². The minimum absolute atomic E-state index is 0.168.